The summed E-state index contributed by atoms with van der Waals surface area (Å²) < 4.78 is 34.8. The molecule has 1 aliphatic heterocycles. The average molecular weight is 384 g/mol. The molecule has 136 valence electrons. The fourth-order valence-electron chi connectivity index (χ4n) is 2.57. The summed E-state index contributed by atoms with van der Waals surface area (Å²) in [6.45, 7) is 3.33. The lowest BCUT2D eigenvalue weighted by atomic mass is 10.3. The van der Waals surface area contributed by atoms with E-state index in [4.69, 9.17) is 4.74 Å². The van der Waals surface area contributed by atoms with Crippen LogP contribution in [0.15, 0.2) is 24.3 Å². The lowest BCUT2D eigenvalue weighted by Gasteiger charge is -2.33. The molecule has 10 heteroatoms. The number of aromatic nitrogens is 1. The highest BCUT2D eigenvalue weighted by atomic mass is 32.2. The Bertz CT molecular complexity index is 811. The zero-order valence-electron chi connectivity index (χ0n) is 13.8. The lowest BCUT2D eigenvalue weighted by Crippen LogP contribution is -2.53. The molecule has 0 aliphatic carbocycles. The van der Waals surface area contributed by atoms with E-state index in [-0.39, 0.29) is 19.6 Å². The Hall–Kier alpha value is -1.75. The van der Waals surface area contributed by atoms with Crippen molar-refractivity contribution in [1.29, 1.82) is 0 Å². The third-order valence-electron chi connectivity index (χ3n) is 3.85. The molecule has 1 N–H and O–H groups in total. The van der Waals surface area contributed by atoms with Crippen molar-refractivity contribution in [2.75, 3.05) is 32.8 Å². The number of carbonyl (C=O) groups is 1. The van der Waals surface area contributed by atoms with E-state index in [1.807, 2.05) is 24.3 Å². The molecule has 3 rings (SSSR count). The second kappa shape index (κ2) is 7.65. The molecule has 25 heavy (non-hydrogen) atoms. The number of hydrogen-bond acceptors (Lipinski definition) is 6. The average Bonchev–Trinajstić information content (AvgIpc) is 3.03. The van der Waals surface area contributed by atoms with Gasteiger partial charge in [-0.05, 0) is 19.1 Å². The summed E-state index contributed by atoms with van der Waals surface area (Å²) in [4.78, 5) is 17.6. The topological polar surface area (TPSA) is 91.8 Å². The molecule has 0 radical (unpaired) electrons. The molecule has 0 atom stereocenters. The number of para-hydroxylation sites is 1. The van der Waals surface area contributed by atoms with Crippen LogP contribution in [-0.2, 0) is 21.5 Å². The summed E-state index contributed by atoms with van der Waals surface area (Å²) >= 11 is 1.47. The van der Waals surface area contributed by atoms with Gasteiger partial charge in [0.1, 0.15) is 5.01 Å². The molecule has 0 unspecified atom stereocenters. The summed E-state index contributed by atoms with van der Waals surface area (Å²) in [6, 6.07) is 7.69. The lowest BCUT2D eigenvalue weighted by molar-refractivity contribution is 0.0932. The summed E-state index contributed by atoms with van der Waals surface area (Å²) in [5, 5.41) is 0.718. The van der Waals surface area contributed by atoms with Crippen LogP contribution in [0.1, 0.15) is 11.9 Å². The fourth-order valence-corrected chi connectivity index (χ4v) is 4.71. The molecule has 1 amide bonds. The third kappa shape index (κ3) is 4.27. The summed E-state index contributed by atoms with van der Waals surface area (Å²) in [6.07, 6.45) is -0.401. The standard InChI is InChI=1S/C15H20N4O4S2/c1-2-23-15(20)18-7-9-19(10-8-18)25(21,22)16-11-14-17-12-5-3-4-6-13(12)24-14/h3-6,16H,2,7-11H2,1H3. The Morgan fingerprint density at radius 3 is 2.68 bits per heavy atom. The van der Waals surface area contributed by atoms with E-state index in [9.17, 15) is 13.2 Å². The number of carbonyl (C=O) groups excluding carboxylic acids is 1. The first-order valence-electron chi connectivity index (χ1n) is 8.00. The van der Waals surface area contributed by atoms with Crippen LogP contribution in [0.2, 0.25) is 0 Å². The van der Waals surface area contributed by atoms with Gasteiger partial charge < -0.3 is 9.64 Å². The number of fused-ring (bicyclic) bond motifs is 1. The normalized spacial score (nSPS) is 16.3. The molecule has 1 aliphatic rings. The van der Waals surface area contributed by atoms with Crippen molar-refractivity contribution in [2.24, 2.45) is 0 Å². The smallest absolute Gasteiger partial charge is 0.409 e. The Morgan fingerprint density at radius 1 is 1.28 bits per heavy atom. The number of amides is 1. The predicted molar refractivity (Wildman–Crippen MR) is 95.5 cm³/mol. The van der Waals surface area contributed by atoms with Gasteiger partial charge in [-0.1, -0.05) is 12.1 Å². The zero-order valence-corrected chi connectivity index (χ0v) is 15.5. The number of thiazole rings is 1. The van der Waals surface area contributed by atoms with E-state index >= 15 is 0 Å². The van der Waals surface area contributed by atoms with E-state index < -0.39 is 16.3 Å². The van der Waals surface area contributed by atoms with Gasteiger partial charge in [0, 0.05) is 26.2 Å². The van der Waals surface area contributed by atoms with E-state index in [0.717, 1.165) is 15.2 Å². The molecule has 1 aromatic heterocycles. The molecule has 2 aromatic rings. The van der Waals surface area contributed by atoms with Gasteiger partial charge in [-0.3, -0.25) is 0 Å². The van der Waals surface area contributed by atoms with Crippen molar-refractivity contribution in [3.05, 3.63) is 29.3 Å². The molecule has 0 spiro atoms. The summed E-state index contributed by atoms with van der Waals surface area (Å²) in [5.74, 6) is 0. The Balaban J connectivity index is 1.56. The molecule has 8 nitrogen and oxygen atoms in total. The van der Waals surface area contributed by atoms with Gasteiger partial charge in [-0.15, -0.1) is 11.3 Å². The minimum atomic E-state index is -3.61. The van der Waals surface area contributed by atoms with Crippen LogP contribution in [-0.4, -0.2) is 61.5 Å². The minimum absolute atomic E-state index is 0.153. The predicted octanol–water partition coefficient (Wildman–Crippen LogP) is 1.40. The van der Waals surface area contributed by atoms with Crippen LogP contribution in [0, 0.1) is 0 Å². The van der Waals surface area contributed by atoms with Gasteiger partial charge in [0.25, 0.3) is 10.2 Å². The molecule has 0 bridgehead atoms. The molecule has 2 heterocycles. The highest BCUT2D eigenvalue weighted by Crippen LogP contribution is 2.21. The van der Waals surface area contributed by atoms with Crippen molar-refractivity contribution in [1.82, 2.24) is 18.9 Å². The van der Waals surface area contributed by atoms with Gasteiger partial charge >= 0.3 is 6.09 Å². The van der Waals surface area contributed by atoms with Crippen molar-refractivity contribution >= 4 is 37.9 Å². The third-order valence-corrected chi connectivity index (χ3v) is 6.44. The molecule has 1 aromatic carbocycles. The van der Waals surface area contributed by atoms with Gasteiger partial charge in [-0.25, -0.2) is 9.78 Å². The molecular weight excluding hydrogens is 364 g/mol. The number of rotatable bonds is 5. The van der Waals surface area contributed by atoms with Crippen molar-refractivity contribution in [3.8, 4) is 0 Å². The van der Waals surface area contributed by atoms with Crippen molar-refractivity contribution in [3.63, 3.8) is 0 Å². The highest BCUT2D eigenvalue weighted by Gasteiger charge is 2.29. The number of piperazine rings is 1. The number of ether oxygens (including phenoxy) is 1. The van der Waals surface area contributed by atoms with E-state index in [0.29, 0.717) is 19.7 Å². The highest BCUT2D eigenvalue weighted by molar-refractivity contribution is 7.87. The van der Waals surface area contributed by atoms with Crippen LogP contribution in [0.5, 0.6) is 0 Å². The molecule has 1 fully saturated rings. The van der Waals surface area contributed by atoms with Crippen molar-refractivity contribution in [2.45, 2.75) is 13.5 Å². The Morgan fingerprint density at radius 2 is 2.00 bits per heavy atom. The van der Waals surface area contributed by atoms with E-state index in [1.54, 1.807) is 6.92 Å². The van der Waals surface area contributed by atoms with Crippen LogP contribution >= 0.6 is 11.3 Å². The second-order valence-electron chi connectivity index (χ2n) is 5.49. The largest absolute Gasteiger partial charge is 0.450 e. The van der Waals surface area contributed by atoms with E-state index in [2.05, 4.69) is 9.71 Å². The van der Waals surface area contributed by atoms with Crippen LogP contribution in [0.3, 0.4) is 0 Å². The molecule has 0 saturated carbocycles. The summed E-state index contributed by atoms with van der Waals surface area (Å²) in [7, 11) is -3.61. The Labute approximate surface area is 150 Å². The van der Waals surface area contributed by atoms with Crippen LogP contribution < -0.4 is 4.72 Å². The number of benzene rings is 1. The first-order chi connectivity index (χ1) is 12.0. The quantitative estimate of drug-likeness (QED) is 0.841. The maximum absolute atomic E-state index is 12.4. The number of hydrogen-bond donors (Lipinski definition) is 1. The molecular formula is C15H20N4O4S2. The summed E-state index contributed by atoms with van der Waals surface area (Å²) in [5.41, 5.74) is 0.866. The second-order valence-corrected chi connectivity index (χ2v) is 8.36. The Kier molecular flexibility index (Phi) is 5.52. The maximum Gasteiger partial charge on any atom is 0.409 e. The minimum Gasteiger partial charge on any atom is -0.450 e. The number of nitrogens with zero attached hydrogens (tertiary/aromatic N) is 3. The first-order valence-corrected chi connectivity index (χ1v) is 10.3. The SMILES string of the molecule is CCOC(=O)N1CCN(S(=O)(=O)NCc2nc3ccccc3s2)CC1. The first kappa shape index (κ1) is 18.1. The molecule has 1 saturated heterocycles. The number of nitrogens with one attached hydrogen (secondary N) is 1. The van der Waals surface area contributed by atoms with Crippen LogP contribution in [0.25, 0.3) is 10.2 Å². The van der Waals surface area contributed by atoms with Gasteiger partial charge in [0.05, 0.1) is 23.4 Å². The van der Waals surface area contributed by atoms with E-state index in [1.165, 1.54) is 20.5 Å². The van der Waals surface area contributed by atoms with Crippen LogP contribution in [0.4, 0.5) is 4.79 Å². The fraction of sp³-hybridized carbons (Fsp3) is 0.467. The van der Waals surface area contributed by atoms with Crippen molar-refractivity contribution < 1.29 is 17.9 Å². The maximum atomic E-state index is 12.4. The monoisotopic (exact) mass is 384 g/mol. The van der Waals surface area contributed by atoms with Gasteiger partial charge in [0.15, 0.2) is 0 Å². The van der Waals surface area contributed by atoms with Gasteiger partial charge in [-0.2, -0.15) is 17.4 Å². The zero-order chi connectivity index (χ0) is 17.9. The van der Waals surface area contributed by atoms with Gasteiger partial charge in [0.2, 0.25) is 0 Å².